The zero-order valence-electron chi connectivity index (χ0n) is 48.7. The third-order valence-electron chi connectivity index (χ3n) is 14.7. The van der Waals surface area contributed by atoms with E-state index in [1.807, 2.05) is 0 Å². The molecule has 6 nitrogen and oxygen atoms in total. The number of ether oxygens (including phenoxy) is 3. The average Bonchev–Trinajstić information content (AvgIpc) is 3.38. The van der Waals surface area contributed by atoms with Crippen molar-refractivity contribution < 1.29 is 28.6 Å². The SMILES string of the molecule is CCCCCCCCC/C=C\CCCCCCCC(=O)OCC(COC(=O)CCCCCCCCCCC/C=C\CCCCCCCCCC)OC(=O)CCCCCCCCCCCCCCCCCCC. The van der Waals surface area contributed by atoms with Gasteiger partial charge in [0.15, 0.2) is 6.10 Å². The molecule has 0 rings (SSSR count). The van der Waals surface area contributed by atoms with Crippen LogP contribution in [0, 0.1) is 0 Å². The normalized spacial score (nSPS) is 12.1. The Balaban J connectivity index is 4.31. The summed E-state index contributed by atoms with van der Waals surface area (Å²) in [4.78, 5) is 38.3. The highest BCUT2D eigenvalue weighted by Crippen LogP contribution is 2.17. The number of carbonyl (C=O) groups excluding carboxylic acids is 3. The summed E-state index contributed by atoms with van der Waals surface area (Å²) in [5, 5.41) is 0. The third-order valence-corrected chi connectivity index (χ3v) is 14.7. The summed E-state index contributed by atoms with van der Waals surface area (Å²) in [6.45, 7) is 6.70. The third kappa shape index (κ3) is 58.8. The monoisotopic (exact) mass is 1010 g/mol. The lowest BCUT2D eigenvalue weighted by molar-refractivity contribution is -0.167. The molecular weight excluding hydrogens is 889 g/mol. The van der Waals surface area contributed by atoms with E-state index < -0.39 is 6.10 Å². The number of hydrogen-bond donors (Lipinski definition) is 0. The second-order valence-corrected chi connectivity index (χ2v) is 22.0. The van der Waals surface area contributed by atoms with Crippen molar-refractivity contribution in [2.75, 3.05) is 13.2 Å². The molecule has 0 aromatic rings. The number of allylic oxidation sites excluding steroid dienone is 4. The van der Waals surface area contributed by atoms with Crippen molar-refractivity contribution in [2.45, 2.75) is 367 Å². The molecule has 0 aliphatic rings. The zero-order valence-corrected chi connectivity index (χ0v) is 48.7. The lowest BCUT2D eigenvalue weighted by Gasteiger charge is -2.18. The van der Waals surface area contributed by atoms with E-state index in [-0.39, 0.29) is 31.1 Å². The maximum Gasteiger partial charge on any atom is 0.306 e. The van der Waals surface area contributed by atoms with Gasteiger partial charge < -0.3 is 14.2 Å². The topological polar surface area (TPSA) is 78.9 Å². The van der Waals surface area contributed by atoms with Crippen LogP contribution in [0.2, 0.25) is 0 Å². The van der Waals surface area contributed by atoms with Gasteiger partial charge >= 0.3 is 17.9 Å². The molecule has 0 amide bonds. The van der Waals surface area contributed by atoms with Gasteiger partial charge in [-0.15, -0.1) is 0 Å². The molecule has 0 aromatic carbocycles. The second-order valence-electron chi connectivity index (χ2n) is 22.0. The second kappa shape index (κ2) is 61.4. The maximum absolute atomic E-state index is 12.9. The fourth-order valence-corrected chi connectivity index (χ4v) is 9.79. The molecule has 0 aliphatic carbocycles. The van der Waals surface area contributed by atoms with Gasteiger partial charge in [0.05, 0.1) is 0 Å². The number of esters is 3. The summed E-state index contributed by atoms with van der Waals surface area (Å²) in [5.41, 5.74) is 0. The van der Waals surface area contributed by atoms with E-state index in [4.69, 9.17) is 14.2 Å². The summed E-state index contributed by atoms with van der Waals surface area (Å²) in [6, 6.07) is 0. The minimum absolute atomic E-state index is 0.0700. The molecule has 0 saturated heterocycles. The van der Waals surface area contributed by atoms with Gasteiger partial charge in [-0.25, -0.2) is 0 Å². The predicted octanol–water partition coefficient (Wildman–Crippen LogP) is 21.8. The molecule has 0 saturated carbocycles. The van der Waals surface area contributed by atoms with Crippen LogP contribution in [0.25, 0.3) is 0 Å². The highest BCUT2D eigenvalue weighted by Gasteiger charge is 2.19. The molecule has 0 radical (unpaired) electrons. The van der Waals surface area contributed by atoms with Crippen LogP contribution in [0.3, 0.4) is 0 Å². The summed E-state index contributed by atoms with van der Waals surface area (Å²) < 4.78 is 16.9. The molecule has 0 heterocycles. The Morgan fingerprint density at radius 2 is 0.458 bits per heavy atom. The molecule has 0 aromatic heterocycles. The Hall–Kier alpha value is -2.11. The highest BCUT2D eigenvalue weighted by molar-refractivity contribution is 5.71. The van der Waals surface area contributed by atoms with Crippen LogP contribution in [-0.2, 0) is 28.6 Å². The van der Waals surface area contributed by atoms with Gasteiger partial charge in [-0.2, -0.15) is 0 Å². The van der Waals surface area contributed by atoms with Gasteiger partial charge in [0.2, 0.25) is 0 Å². The summed E-state index contributed by atoms with van der Waals surface area (Å²) >= 11 is 0. The van der Waals surface area contributed by atoms with Gasteiger partial charge in [0.25, 0.3) is 0 Å². The maximum atomic E-state index is 12.9. The molecule has 1 atom stereocenters. The standard InChI is InChI=1S/C66H124O6/c1-4-7-10-13-16-19-22-25-28-31-32-33-34-36-38-41-44-47-50-53-56-59-65(68)71-62-63(61-70-64(67)58-55-52-49-46-43-40-37-30-27-24-21-18-15-12-9-6-3)72-66(69)60-57-54-51-48-45-42-39-35-29-26-23-20-17-14-11-8-5-2/h30-32,37,63H,4-29,33-36,38-62H2,1-3H3/b32-31-,37-30-. The molecule has 0 N–H and O–H groups in total. The number of carbonyl (C=O) groups is 3. The van der Waals surface area contributed by atoms with E-state index in [1.165, 1.54) is 257 Å². The quantitative estimate of drug-likeness (QED) is 0.0261. The predicted molar refractivity (Wildman–Crippen MR) is 312 cm³/mol. The van der Waals surface area contributed by atoms with Crippen molar-refractivity contribution in [1.82, 2.24) is 0 Å². The first-order chi connectivity index (χ1) is 35.5. The van der Waals surface area contributed by atoms with Crippen LogP contribution in [0.15, 0.2) is 24.3 Å². The minimum Gasteiger partial charge on any atom is -0.462 e. The van der Waals surface area contributed by atoms with Gasteiger partial charge in [-0.3, -0.25) is 14.4 Å². The summed E-state index contributed by atoms with van der Waals surface area (Å²) in [7, 11) is 0. The Kier molecular flexibility index (Phi) is 59.6. The van der Waals surface area contributed by atoms with E-state index in [2.05, 4.69) is 45.1 Å². The fourth-order valence-electron chi connectivity index (χ4n) is 9.79. The van der Waals surface area contributed by atoms with Gasteiger partial charge in [0.1, 0.15) is 13.2 Å². The Morgan fingerprint density at radius 1 is 0.264 bits per heavy atom. The van der Waals surface area contributed by atoms with E-state index in [1.54, 1.807) is 0 Å². The van der Waals surface area contributed by atoms with E-state index in [0.717, 1.165) is 64.2 Å². The first-order valence-electron chi connectivity index (χ1n) is 32.3. The highest BCUT2D eigenvalue weighted by atomic mass is 16.6. The average molecular weight is 1010 g/mol. The van der Waals surface area contributed by atoms with Crippen molar-refractivity contribution in [3.63, 3.8) is 0 Å². The first kappa shape index (κ1) is 69.9. The van der Waals surface area contributed by atoms with E-state index >= 15 is 0 Å². The van der Waals surface area contributed by atoms with Crippen LogP contribution in [-0.4, -0.2) is 37.2 Å². The van der Waals surface area contributed by atoms with Crippen LogP contribution < -0.4 is 0 Å². The molecule has 72 heavy (non-hydrogen) atoms. The number of unbranched alkanes of at least 4 members (excludes halogenated alkanes) is 45. The molecule has 0 bridgehead atoms. The summed E-state index contributed by atoms with van der Waals surface area (Å²) in [5.74, 6) is -0.853. The van der Waals surface area contributed by atoms with Crippen molar-refractivity contribution in [1.29, 1.82) is 0 Å². The zero-order chi connectivity index (χ0) is 52.2. The van der Waals surface area contributed by atoms with Crippen molar-refractivity contribution in [2.24, 2.45) is 0 Å². The summed E-state index contributed by atoms with van der Waals surface area (Å²) in [6.07, 6.45) is 73.2. The van der Waals surface area contributed by atoms with Crippen LogP contribution >= 0.6 is 0 Å². The Labute approximate surface area is 449 Å². The largest absolute Gasteiger partial charge is 0.462 e. The van der Waals surface area contributed by atoms with Crippen molar-refractivity contribution in [3.05, 3.63) is 24.3 Å². The molecule has 6 heteroatoms. The van der Waals surface area contributed by atoms with E-state index in [9.17, 15) is 14.4 Å². The number of rotatable bonds is 60. The van der Waals surface area contributed by atoms with Crippen molar-refractivity contribution in [3.8, 4) is 0 Å². The molecular formula is C66H124O6. The lowest BCUT2D eigenvalue weighted by atomic mass is 10.0. The van der Waals surface area contributed by atoms with E-state index in [0.29, 0.717) is 19.3 Å². The van der Waals surface area contributed by atoms with Crippen LogP contribution in [0.4, 0.5) is 0 Å². The molecule has 0 aliphatic heterocycles. The fraction of sp³-hybridized carbons (Fsp3) is 0.894. The van der Waals surface area contributed by atoms with Gasteiger partial charge in [-0.05, 0) is 70.6 Å². The smallest absolute Gasteiger partial charge is 0.306 e. The molecule has 0 spiro atoms. The molecule has 1 unspecified atom stereocenters. The molecule has 424 valence electrons. The van der Waals surface area contributed by atoms with Crippen molar-refractivity contribution >= 4 is 17.9 Å². The first-order valence-corrected chi connectivity index (χ1v) is 32.3. The van der Waals surface area contributed by atoms with Gasteiger partial charge in [-0.1, -0.05) is 295 Å². The Bertz CT molecular complexity index is 1160. The van der Waals surface area contributed by atoms with Crippen LogP contribution in [0.1, 0.15) is 361 Å². The van der Waals surface area contributed by atoms with Crippen LogP contribution in [0.5, 0.6) is 0 Å². The molecule has 0 fully saturated rings. The lowest BCUT2D eigenvalue weighted by Crippen LogP contribution is -2.30. The minimum atomic E-state index is -0.772. The Morgan fingerprint density at radius 3 is 0.694 bits per heavy atom. The number of hydrogen-bond acceptors (Lipinski definition) is 6. The van der Waals surface area contributed by atoms with Gasteiger partial charge in [0, 0.05) is 19.3 Å².